The van der Waals surface area contributed by atoms with Crippen molar-refractivity contribution in [3.05, 3.63) is 66.1 Å². The lowest BCUT2D eigenvalue weighted by Gasteiger charge is -2.23. The summed E-state index contributed by atoms with van der Waals surface area (Å²) < 4.78 is 5.53. The van der Waals surface area contributed by atoms with Crippen LogP contribution in [-0.4, -0.2) is 31.4 Å². The van der Waals surface area contributed by atoms with Crippen molar-refractivity contribution in [2.75, 3.05) is 25.5 Å². The second-order valence-corrected chi connectivity index (χ2v) is 6.15. The van der Waals surface area contributed by atoms with Gasteiger partial charge >= 0.3 is 0 Å². The van der Waals surface area contributed by atoms with Gasteiger partial charge in [0, 0.05) is 19.8 Å². The van der Waals surface area contributed by atoms with Gasteiger partial charge in [-0.25, -0.2) is 0 Å². The molecule has 1 aromatic heterocycles. The Balaban J connectivity index is 1.65. The Labute approximate surface area is 142 Å². The van der Waals surface area contributed by atoms with Gasteiger partial charge in [0.05, 0.1) is 13.1 Å². The summed E-state index contributed by atoms with van der Waals surface area (Å²) in [5, 5.41) is 2.37. The molecular formula is C20H22N2O2. The third-order valence-electron chi connectivity index (χ3n) is 4.16. The van der Waals surface area contributed by atoms with Crippen molar-refractivity contribution in [3.8, 4) is 0 Å². The number of nitrogens with zero attached hydrogens (tertiary/aromatic N) is 2. The predicted molar refractivity (Wildman–Crippen MR) is 97.1 cm³/mol. The number of hydrogen-bond acceptors (Lipinski definition) is 3. The molecule has 0 aliphatic carbocycles. The number of carbonyl (C=O) groups is 1. The first-order valence-electron chi connectivity index (χ1n) is 8.02. The van der Waals surface area contributed by atoms with E-state index >= 15 is 0 Å². The van der Waals surface area contributed by atoms with Gasteiger partial charge in [-0.15, -0.1) is 0 Å². The quantitative estimate of drug-likeness (QED) is 0.716. The molecule has 0 aliphatic heterocycles. The Morgan fingerprint density at radius 2 is 1.75 bits per heavy atom. The minimum Gasteiger partial charge on any atom is -0.464 e. The van der Waals surface area contributed by atoms with Crippen molar-refractivity contribution in [2.45, 2.75) is 13.5 Å². The van der Waals surface area contributed by atoms with Crippen molar-refractivity contribution in [3.63, 3.8) is 0 Å². The van der Waals surface area contributed by atoms with E-state index in [0.29, 0.717) is 13.1 Å². The normalized spacial score (nSPS) is 10.8. The maximum Gasteiger partial charge on any atom is 0.242 e. The molecule has 0 unspecified atom stereocenters. The first-order chi connectivity index (χ1) is 11.5. The van der Waals surface area contributed by atoms with Crippen LogP contribution in [0.5, 0.6) is 0 Å². The second kappa shape index (κ2) is 6.79. The number of likely N-dealkylation sites (N-methyl/N-ethyl adjacent to an activating group) is 2. The summed E-state index contributed by atoms with van der Waals surface area (Å²) in [4.78, 5) is 16.1. The Bertz CT molecular complexity index is 853. The predicted octanol–water partition coefficient (Wildman–Crippen LogP) is 3.84. The van der Waals surface area contributed by atoms with Crippen LogP contribution in [0.2, 0.25) is 0 Å². The molecule has 0 saturated carbocycles. The molecular weight excluding hydrogens is 300 g/mol. The molecule has 124 valence electrons. The molecule has 24 heavy (non-hydrogen) atoms. The van der Waals surface area contributed by atoms with E-state index in [0.717, 1.165) is 17.2 Å². The maximum absolute atomic E-state index is 12.4. The zero-order valence-electron chi connectivity index (χ0n) is 14.3. The SMILES string of the molecule is Cc1ccc(CN(C)C(=O)CN(C)c2ccc3ccccc3c2)o1. The molecule has 0 fully saturated rings. The third-order valence-corrected chi connectivity index (χ3v) is 4.16. The van der Waals surface area contributed by atoms with Crippen molar-refractivity contribution in [1.29, 1.82) is 0 Å². The van der Waals surface area contributed by atoms with Gasteiger partial charge in [-0.2, -0.15) is 0 Å². The Morgan fingerprint density at radius 3 is 2.46 bits per heavy atom. The molecule has 2 aromatic carbocycles. The summed E-state index contributed by atoms with van der Waals surface area (Å²) >= 11 is 0. The van der Waals surface area contributed by atoms with Crippen LogP contribution in [0.1, 0.15) is 11.5 Å². The summed E-state index contributed by atoms with van der Waals surface area (Å²) in [6, 6.07) is 18.3. The van der Waals surface area contributed by atoms with Gasteiger partial charge in [0.1, 0.15) is 11.5 Å². The lowest BCUT2D eigenvalue weighted by atomic mass is 10.1. The monoisotopic (exact) mass is 322 g/mol. The van der Waals surface area contributed by atoms with Gasteiger partial charge in [0.2, 0.25) is 5.91 Å². The van der Waals surface area contributed by atoms with Crippen molar-refractivity contribution in [1.82, 2.24) is 4.90 Å². The van der Waals surface area contributed by atoms with Gasteiger partial charge in [-0.1, -0.05) is 30.3 Å². The molecule has 0 aliphatic rings. The molecule has 3 rings (SSSR count). The summed E-state index contributed by atoms with van der Waals surface area (Å²) in [7, 11) is 3.74. The second-order valence-electron chi connectivity index (χ2n) is 6.15. The van der Waals surface area contributed by atoms with E-state index in [-0.39, 0.29) is 5.91 Å². The fourth-order valence-corrected chi connectivity index (χ4v) is 2.72. The Morgan fingerprint density at radius 1 is 1.00 bits per heavy atom. The average molecular weight is 322 g/mol. The molecule has 0 bridgehead atoms. The first-order valence-corrected chi connectivity index (χ1v) is 8.02. The summed E-state index contributed by atoms with van der Waals surface area (Å²) in [6.45, 7) is 2.71. The van der Waals surface area contributed by atoms with Crippen LogP contribution in [0, 0.1) is 6.92 Å². The lowest BCUT2D eigenvalue weighted by molar-refractivity contribution is -0.129. The number of furan rings is 1. The van der Waals surface area contributed by atoms with Gasteiger partial charge in [-0.3, -0.25) is 4.79 Å². The zero-order valence-corrected chi connectivity index (χ0v) is 14.3. The van der Waals surface area contributed by atoms with Crippen LogP contribution >= 0.6 is 0 Å². The molecule has 0 atom stereocenters. The minimum atomic E-state index is 0.0553. The number of rotatable bonds is 5. The number of aryl methyl sites for hydroxylation is 1. The van der Waals surface area contributed by atoms with Crippen molar-refractivity contribution < 1.29 is 9.21 Å². The van der Waals surface area contributed by atoms with E-state index in [1.807, 2.05) is 49.2 Å². The van der Waals surface area contributed by atoms with Gasteiger partial charge in [0.15, 0.2) is 0 Å². The molecule has 1 amide bonds. The third kappa shape index (κ3) is 3.59. The van der Waals surface area contributed by atoms with Crippen LogP contribution < -0.4 is 4.90 Å². The van der Waals surface area contributed by atoms with Crippen LogP contribution in [-0.2, 0) is 11.3 Å². The average Bonchev–Trinajstić information content (AvgIpc) is 2.99. The molecule has 3 aromatic rings. The van der Waals surface area contributed by atoms with Gasteiger partial charge in [-0.05, 0) is 42.0 Å². The van der Waals surface area contributed by atoms with E-state index < -0.39 is 0 Å². The molecule has 4 nitrogen and oxygen atoms in total. The van der Waals surface area contributed by atoms with Crippen molar-refractivity contribution in [2.24, 2.45) is 0 Å². The molecule has 4 heteroatoms. The fourth-order valence-electron chi connectivity index (χ4n) is 2.72. The smallest absolute Gasteiger partial charge is 0.242 e. The lowest BCUT2D eigenvalue weighted by Crippen LogP contribution is -2.36. The van der Waals surface area contributed by atoms with Crippen LogP contribution in [0.4, 0.5) is 5.69 Å². The van der Waals surface area contributed by atoms with E-state index in [1.54, 1.807) is 11.9 Å². The fraction of sp³-hybridized carbons (Fsp3) is 0.250. The minimum absolute atomic E-state index is 0.0553. The van der Waals surface area contributed by atoms with E-state index in [1.165, 1.54) is 10.8 Å². The molecule has 0 radical (unpaired) electrons. The van der Waals surface area contributed by atoms with E-state index in [2.05, 4.69) is 24.3 Å². The number of anilines is 1. The van der Waals surface area contributed by atoms with Crippen molar-refractivity contribution >= 4 is 22.4 Å². The van der Waals surface area contributed by atoms with Crippen LogP contribution in [0.3, 0.4) is 0 Å². The highest BCUT2D eigenvalue weighted by molar-refractivity contribution is 5.87. The highest BCUT2D eigenvalue weighted by Crippen LogP contribution is 2.21. The standard InChI is InChI=1S/C20H22N2O2/c1-15-8-11-19(24-15)13-22(3)20(23)14-21(2)18-10-9-16-6-4-5-7-17(16)12-18/h4-12H,13-14H2,1-3H3. The largest absolute Gasteiger partial charge is 0.464 e. The summed E-state index contributed by atoms with van der Waals surface area (Å²) in [6.07, 6.45) is 0. The Kier molecular flexibility index (Phi) is 4.56. The highest BCUT2D eigenvalue weighted by atomic mass is 16.3. The highest BCUT2D eigenvalue weighted by Gasteiger charge is 2.14. The van der Waals surface area contributed by atoms with Gasteiger partial charge in [0.25, 0.3) is 0 Å². The number of hydrogen-bond donors (Lipinski definition) is 0. The van der Waals surface area contributed by atoms with Crippen LogP contribution in [0.25, 0.3) is 10.8 Å². The Hall–Kier alpha value is -2.75. The number of amides is 1. The summed E-state index contributed by atoms with van der Waals surface area (Å²) in [5.74, 6) is 1.72. The number of carbonyl (C=O) groups excluding carboxylic acids is 1. The molecule has 0 spiro atoms. The molecule has 0 N–H and O–H groups in total. The topological polar surface area (TPSA) is 36.7 Å². The van der Waals surface area contributed by atoms with E-state index in [4.69, 9.17) is 4.42 Å². The molecule has 1 heterocycles. The molecule has 0 saturated heterocycles. The zero-order chi connectivity index (χ0) is 17.1. The van der Waals surface area contributed by atoms with Gasteiger partial charge < -0.3 is 14.2 Å². The number of fused-ring (bicyclic) bond motifs is 1. The maximum atomic E-state index is 12.4. The van der Waals surface area contributed by atoms with Crippen LogP contribution in [0.15, 0.2) is 59.0 Å². The number of benzene rings is 2. The summed E-state index contributed by atoms with van der Waals surface area (Å²) in [5.41, 5.74) is 1.03. The first kappa shape index (κ1) is 16.1. The van der Waals surface area contributed by atoms with E-state index in [9.17, 15) is 4.79 Å².